The summed E-state index contributed by atoms with van der Waals surface area (Å²) in [7, 11) is 0. The lowest BCUT2D eigenvalue weighted by atomic mass is 10.0. The second kappa shape index (κ2) is 12.1. The molecule has 0 spiro atoms. The van der Waals surface area contributed by atoms with Crippen LogP contribution in [-0.2, 0) is 4.79 Å². The van der Waals surface area contributed by atoms with Crippen molar-refractivity contribution in [1.82, 2.24) is 19.9 Å². The SMILES string of the molecule is Cc1nc(Nc2ncc(C(=O)Nc3c(C)cccc3Cl)s2)cc(N2CCN(C(=O)CC(N)C(C)C)CC2)n1. The van der Waals surface area contributed by atoms with Crippen molar-refractivity contribution in [1.29, 1.82) is 0 Å². The van der Waals surface area contributed by atoms with Crippen LogP contribution in [0.15, 0.2) is 30.5 Å². The molecule has 0 aliphatic carbocycles. The summed E-state index contributed by atoms with van der Waals surface area (Å²) in [5.41, 5.74) is 7.55. The number of amides is 2. The third-order valence-electron chi connectivity index (χ3n) is 6.47. The van der Waals surface area contributed by atoms with Crippen molar-refractivity contribution >= 4 is 57.2 Å². The molecule has 1 unspecified atom stereocenters. The van der Waals surface area contributed by atoms with Crippen molar-refractivity contribution in [3.63, 3.8) is 0 Å². The minimum atomic E-state index is -0.284. The lowest BCUT2D eigenvalue weighted by Gasteiger charge is -2.36. The fourth-order valence-electron chi connectivity index (χ4n) is 4.04. The van der Waals surface area contributed by atoms with Crippen LogP contribution in [0.1, 0.15) is 41.3 Å². The van der Waals surface area contributed by atoms with E-state index < -0.39 is 0 Å². The Kier molecular flexibility index (Phi) is 8.80. The summed E-state index contributed by atoms with van der Waals surface area (Å²) in [4.78, 5) is 43.2. The minimum Gasteiger partial charge on any atom is -0.353 e. The molecule has 1 aliphatic rings. The maximum Gasteiger partial charge on any atom is 0.267 e. The lowest BCUT2D eigenvalue weighted by Crippen LogP contribution is -2.50. The summed E-state index contributed by atoms with van der Waals surface area (Å²) in [6, 6.07) is 7.18. The predicted molar refractivity (Wildman–Crippen MR) is 153 cm³/mol. The fraction of sp³-hybridized carbons (Fsp3) is 0.423. The Bertz CT molecular complexity index is 1290. The van der Waals surface area contributed by atoms with Crippen LogP contribution in [0.3, 0.4) is 0 Å². The Hall–Kier alpha value is -3.28. The van der Waals surface area contributed by atoms with Crippen LogP contribution >= 0.6 is 22.9 Å². The number of halogens is 1. The van der Waals surface area contributed by atoms with Crippen LogP contribution in [-0.4, -0.2) is 63.9 Å². The number of carbonyl (C=O) groups is 2. The van der Waals surface area contributed by atoms with Crippen molar-refractivity contribution in [3.05, 3.63) is 51.7 Å². The van der Waals surface area contributed by atoms with E-state index in [1.54, 1.807) is 6.07 Å². The number of para-hydroxylation sites is 1. The van der Waals surface area contributed by atoms with Gasteiger partial charge in [-0.3, -0.25) is 9.59 Å². The van der Waals surface area contributed by atoms with Crippen molar-refractivity contribution in [3.8, 4) is 0 Å². The monoisotopic (exact) mass is 556 g/mol. The molecule has 1 fully saturated rings. The van der Waals surface area contributed by atoms with E-state index >= 15 is 0 Å². The van der Waals surface area contributed by atoms with Gasteiger partial charge in [0.2, 0.25) is 5.91 Å². The number of carbonyl (C=O) groups excluding carboxylic acids is 2. The van der Waals surface area contributed by atoms with Crippen molar-refractivity contribution in [2.45, 2.75) is 40.2 Å². The number of thiazole rings is 1. The molecule has 2 aromatic heterocycles. The third-order valence-corrected chi connectivity index (χ3v) is 7.70. The quantitative estimate of drug-likeness (QED) is 0.376. The van der Waals surface area contributed by atoms with Crippen LogP contribution in [0, 0.1) is 19.8 Å². The van der Waals surface area contributed by atoms with Gasteiger partial charge in [-0.05, 0) is 31.4 Å². The van der Waals surface area contributed by atoms with Gasteiger partial charge >= 0.3 is 0 Å². The van der Waals surface area contributed by atoms with Gasteiger partial charge in [-0.2, -0.15) is 0 Å². The van der Waals surface area contributed by atoms with Gasteiger partial charge in [-0.25, -0.2) is 15.0 Å². The van der Waals surface area contributed by atoms with Crippen LogP contribution in [0.2, 0.25) is 5.02 Å². The van der Waals surface area contributed by atoms with E-state index in [0.717, 1.165) is 11.4 Å². The first-order valence-electron chi connectivity index (χ1n) is 12.5. The summed E-state index contributed by atoms with van der Waals surface area (Å²) in [6.07, 6.45) is 1.88. The zero-order chi connectivity index (χ0) is 27.4. The van der Waals surface area contributed by atoms with E-state index in [0.29, 0.717) is 65.0 Å². The molecule has 4 N–H and O–H groups in total. The maximum absolute atomic E-state index is 12.8. The van der Waals surface area contributed by atoms with Gasteiger partial charge in [-0.1, -0.05) is 48.9 Å². The Balaban J connectivity index is 1.38. The Morgan fingerprint density at radius 3 is 2.58 bits per heavy atom. The van der Waals surface area contributed by atoms with Gasteiger partial charge in [-0.15, -0.1) is 0 Å². The number of nitrogens with one attached hydrogen (secondary N) is 2. The highest BCUT2D eigenvalue weighted by Gasteiger charge is 2.24. The lowest BCUT2D eigenvalue weighted by molar-refractivity contribution is -0.132. The van der Waals surface area contributed by atoms with Gasteiger partial charge in [0.1, 0.15) is 22.3 Å². The number of aryl methyl sites for hydroxylation is 2. The number of nitrogens with zero attached hydrogens (tertiary/aromatic N) is 5. The largest absolute Gasteiger partial charge is 0.353 e. The molecule has 1 aromatic carbocycles. The number of nitrogens with two attached hydrogens (primary N) is 1. The van der Waals surface area contributed by atoms with Crippen molar-refractivity contribution in [2.24, 2.45) is 11.7 Å². The smallest absolute Gasteiger partial charge is 0.267 e. The Labute approximate surface area is 231 Å². The van der Waals surface area contributed by atoms with Gasteiger partial charge in [0.15, 0.2) is 5.13 Å². The first-order chi connectivity index (χ1) is 18.1. The highest BCUT2D eigenvalue weighted by atomic mass is 35.5. The number of piperazine rings is 1. The number of anilines is 4. The minimum absolute atomic E-state index is 0.0976. The number of hydrogen-bond acceptors (Lipinski definition) is 9. The normalized spacial score (nSPS) is 14.5. The third kappa shape index (κ3) is 6.77. The second-order valence-corrected chi connectivity index (χ2v) is 11.1. The molecule has 1 aliphatic heterocycles. The first-order valence-corrected chi connectivity index (χ1v) is 13.7. The van der Waals surface area contributed by atoms with E-state index in [2.05, 4.69) is 30.5 Å². The van der Waals surface area contributed by atoms with Gasteiger partial charge in [0.25, 0.3) is 5.91 Å². The number of rotatable bonds is 8. The summed E-state index contributed by atoms with van der Waals surface area (Å²) in [6.45, 7) is 10.3. The molecular weight excluding hydrogens is 524 g/mol. The predicted octanol–water partition coefficient (Wildman–Crippen LogP) is 4.22. The number of benzene rings is 1. The Morgan fingerprint density at radius 2 is 1.89 bits per heavy atom. The van der Waals surface area contributed by atoms with Crippen LogP contribution in [0.4, 0.5) is 22.5 Å². The van der Waals surface area contributed by atoms with E-state index in [1.165, 1.54) is 17.5 Å². The number of aromatic nitrogens is 3. The van der Waals surface area contributed by atoms with Crippen molar-refractivity contribution < 1.29 is 9.59 Å². The molecule has 38 heavy (non-hydrogen) atoms. The molecule has 3 aromatic rings. The van der Waals surface area contributed by atoms with Crippen molar-refractivity contribution in [2.75, 3.05) is 41.7 Å². The van der Waals surface area contributed by atoms with Crippen LogP contribution in [0.5, 0.6) is 0 Å². The molecule has 1 saturated heterocycles. The summed E-state index contributed by atoms with van der Waals surface area (Å²) in [5, 5.41) is 7.07. The average molecular weight is 557 g/mol. The van der Waals surface area contributed by atoms with E-state index in [4.69, 9.17) is 17.3 Å². The molecule has 12 heteroatoms. The zero-order valence-corrected chi connectivity index (χ0v) is 23.6. The number of hydrogen-bond donors (Lipinski definition) is 3. The van der Waals surface area contributed by atoms with Crippen LogP contribution in [0.25, 0.3) is 0 Å². The Morgan fingerprint density at radius 1 is 1.16 bits per heavy atom. The van der Waals surface area contributed by atoms with Crippen LogP contribution < -0.4 is 21.3 Å². The van der Waals surface area contributed by atoms with E-state index in [1.807, 2.05) is 50.8 Å². The topological polar surface area (TPSA) is 129 Å². The molecule has 10 nitrogen and oxygen atoms in total. The standard InChI is InChI=1S/C26H33ClN8O2S/c1-15(2)19(28)12-23(36)35-10-8-34(9-11-35)22-13-21(30-17(4)31-22)32-26-29-14-20(38-26)25(37)33-24-16(3)6-5-7-18(24)27/h5-7,13-15,19H,8-12,28H2,1-4H3,(H,33,37)(H,29,30,31,32). The zero-order valence-electron chi connectivity index (χ0n) is 22.0. The molecule has 1 atom stereocenters. The summed E-state index contributed by atoms with van der Waals surface area (Å²) in [5.74, 6) is 2.04. The summed E-state index contributed by atoms with van der Waals surface area (Å²) >= 11 is 7.46. The fourth-order valence-corrected chi connectivity index (χ4v) is 5.03. The van der Waals surface area contributed by atoms with Gasteiger partial charge < -0.3 is 26.2 Å². The maximum atomic E-state index is 12.8. The van der Waals surface area contributed by atoms with Gasteiger partial charge in [0, 0.05) is 44.7 Å². The summed E-state index contributed by atoms with van der Waals surface area (Å²) < 4.78 is 0. The second-order valence-electron chi connectivity index (χ2n) is 9.68. The molecule has 2 amide bonds. The molecule has 202 valence electrons. The average Bonchev–Trinajstić information content (AvgIpc) is 3.34. The van der Waals surface area contributed by atoms with Gasteiger partial charge in [0.05, 0.1) is 16.9 Å². The van der Waals surface area contributed by atoms with E-state index in [9.17, 15) is 9.59 Å². The molecule has 0 saturated carbocycles. The highest BCUT2D eigenvalue weighted by molar-refractivity contribution is 7.17. The molecule has 3 heterocycles. The molecule has 0 radical (unpaired) electrons. The first kappa shape index (κ1) is 27.7. The highest BCUT2D eigenvalue weighted by Crippen LogP contribution is 2.28. The molecule has 4 rings (SSSR count). The molecular formula is C26H33ClN8O2S. The molecule has 0 bridgehead atoms. The van der Waals surface area contributed by atoms with E-state index in [-0.39, 0.29) is 23.8 Å².